The first kappa shape index (κ1) is 15.0. The number of carbonyl (C=O) groups is 2. The molecule has 0 atom stereocenters. The normalized spacial score (nSPS) is 19.2. The van der Waals surface area contributed by atoms with E-state index in [1.807, 2.05) is 0 Å². The Kier molecular flexibility index (Phi) is 5.86. The molecule has 1 saturated heterocycles. The third-order valence-electron chi connectivity index (χ3n) is 1.43. The predicted octanol–water partition coefficient (Wildman–Crippen LogP) is -2.21. The van der Waals surface area contributed by atoms with Crippen molar-refractivity contribution in [2.45, 2.75) is 19.6 Å². The van der Waals surface area contributed by atoms with Crippen LogP contribution in [0.2, 0.25) is 0 Å². The second kappa shape index (κ2) is 5.88. The Bertz CT molecular complexity index is 314. The molecule has 0 aromatic heterocycles. The standard InChI is InChI=1S/C8H10N2O4.Rb/c1-8(2)13-6(11)5(3-4-10-9)7(12)14-8;/h3-4H,1-2H3,(H2,9,11,12);/q;+1/p-1. The van der Waals surface area contributed by atoms with Gasteiger partial charge in [0.05, 0.1) is 0 Å². The fourth-order valence-corrected chi connectivity index (χ4v) is 0.908. The van der Waals surface area contributed by atoms with Crippen LogP contribution in [0.15, 0.2) is 16.8 Å². The van der Waals surface area contributed by atoms with Gasteiger partial charge in [0, 0.05) is 20.1 Å². The number of nitrogens with one attached hydrogen (secondary N) is 1. The molecule has 0 bridgehead atoms. The molecule has 0 aromatic carbocycles. The van der Waals surface area contributed by atoms with Crippen molar-refractivity contribution >= 4 is 18.2 Å². The summed E-state index contributed by atoms with van der Waals surface area (Å²) in [5, 5.41) is 2.87. The Morgan fingerprint density at radius 1 is 1.27 bits per heavy atom. The van der Waals surface area contributed by atoms with Crippen LogP contribution in [0.3, 0.4) is 0 Å². The van der Waals surface area contributed by atoms with Crippen LogP contribution in [0.5, 0.6) is 0 Å². The van der Waals surface area contributed by atoms with E-state index in [1.165, 1.54) is 13.8 Å². The SMILES string of the molecule is CC1(C)OC(=O)C(=CC=N[NH-])C(=O)O1.[Rb+]. The molecule has 1 fully saturated rings. The number of nitrogens with zero attached hydrogens (tertiary/aromatic N) is 1. The van der Waals surface area contributed by atoms with Crippen LogP contribution in [0.1, 0.15) is 13.8 Å². The van der Waals surface area contributed by atoms with E-state index in [9.17, 15) is 9.59 Å². The van der Waals surface area contributed by atoms with Gasteiger partial charge in [-0.15, -0.1) is 0 Å². The topological polar surface area (TPSA) is 88.8 Å². The summed E-state index contributed by atoms with van der Waals surface area (Å²) >= 11 is 0. The predicted molar refractivity (Wildman–Crippen MR) is 47.2 cm³/mol. The van der Waals surface area contributed by atoms with E-state index in [2.05, 4.69) is 5.10 Å². The summed E-state index contributed by atoms with van der Waals surface area (Å²) in [6, 6.07) is 0. The van der Waals surface area contributed by atoms with Gasteiger partial charge in [-0.2, -0.15) is 0 Å². The summed E-state index contributed by atoms with van der Waals surface area (Å²) in [6.07, 6.45) is 2.07. The van der Waals surface area contributed by atoms with Crippen LogP contribution in [-0.2, 0) is 19.1 Å². The molecule has 0 spiro atoms. The summed E-state index contributed by atoms with van der Waals surface area (Å²) in [5.41, 5.74) is -0.264. The Labute approximate surface area is 136 Å². The molecule has 1 heterocycles. The van der Waals surface area contributed by atoms with Gasteiger partial charge < -0.3 is 20.4 Å². The largest absolute Gasteiger partial charge is 1.00 e. The van der Waals surface area contributed by atoms with Gasteiger partial charge in [0.25, 0.3) is 5.79 Å². The quantitative estimate of drug-likeness (QED) is 0.179. The smallest absolute Gasteiger partial charge is 0.617 e. The van der Waals surface area contributed by atoms with Crippen LogP contribution in [-0.4, -0.2) is 23.9 Å². The zero-order valence-corrected chi connectivity index (χ0v) is 13.7. The van der Waals surface area contributed by atoms with Crippen LogP contribution in [0.25, 0.3) is 5.84 Å². The van der Waals surface area contributed by atoms with Gasteiger partial charge in [-0.05, 0) is 6.08 Å². The minimum absolute atomic E-state index is 0. The van der Waals surface area contributed by atoms with Crippen molar-refractivity contribution in [2.24, 2.45) is 5.10 Å². The number of hydrogen-bond donors (Lipinski definition) is 0. The van der Waals surface area contributed by atoms with Crippen molar-refractivity contribution in [3.63, 3.8) is 0 Å². The zero-order chi connectivity index (χ0) is 10.8. The Morgan fingerprint density at radius 3 is 2.13 bits per heavy atom. The maximum absolute atomic E-state index is 11.2. The minimum Gasteiger partial charge on any atom is -0.617 e. The van der Waals surface area contributed by atoms with E-state index < -0.39 is 17.7 Å². The van der Waals surface area contributed by atoms with Crippen molar-refractivity contribution < 1.29 is 77.3 Å². The van der Waals surface area contributed by atoms with Crippen LogP contribution in [0, 0.1) is 0 Å². The van der Waals surface area contributed by atoms with Crippen molar-refractivity contribution in [1.29, 1.82) is 0 Å². The molecular formula is C8H9N2O4Rb. The van der Waals surface area contributed by atoms with Crippen LogP contribution in [0.4, 0.5) is 0 Å². The van der Waals surface area contributed by atoms with Crippen molar-refractivity contribution in [1.82, 2.24) is 0 Å². The van der Waals surface area contributed by atoms with Gasteiger partial charge in [0.1, 0.15) is 5.57 Å². The molecule has 6 nitrogen and oxygen atoms in total. The fourth-order valence-electron chi connectivity index (χ4n) is 0.908. The number of rotatable bonds is 1. The average Bonchev–Trinajstić information content (AvgIpc) is 2.00. The second-order valence-corrected chi connectivity index (χ2v) is 3.04. The summed E-state index contributed by atoms with van der Waals surface area (Å²) in [7, 11) is 0. The maximum atomic E-state index is 11.2. The number of esters is 2. The van der Waals surface area contributed by atoms with Gasteiger partial charge in [-0.3, -0.25) is 0 Å². The summed E-state index contributed by atoms with van der Waals surface area (Å²) in [5.74, 6) is 3.67. The second-order valence-electron chi connectivity index (χ2n) is 3.04. The van der Waals surface area contributed by atoms with Gasteiger partial charge in [0.15, 0.2) is 0 Å². The molecule has 1 rings (SSSR count). The molecule has 0 aromatic rings. The molecule has 0 aliphatic carbocycles. The fraction of sp³-hybridized carbons (Fsp3) is 0.375. The van der Waals surface area contributed by atoms with Gasteiger partial charge in [-0.1, -0.05) is 0 Å². The number of hydrogen-bond acceptors (Lipinski definition) is 5. The zero-order valence-electron chi connectivity index (χ0n) is 8.73. The van der Waals surface area contributed by atoms with E-state index >= 15 is 0 Å². The monoisotopic (exact) mass is 282 g/mol. The Balaban J connectivity index is 0.00000196. The van der Waals surface area contributed by atoms with E-state index in [0.29, 0.717) is 0 Å². The molecule has 1 aliphatic rings. The maximum Gasteiger partial charge on any atom is 1.00 e. The summed E-state index contributed by atoms with van der Waals surface area (Å²) < 4.78 is 9.56. The molecule has 0 amide bonds. The number of cyclic esters (lactones) is 2. The number of allylic oxidation sites excluding steroid dienone is 1. The first-order valence-electron chi connectivity index (χ1n) is 3.83. The van der Waals surface area contributed by atoms with Gasteiger partial charge >= 0.3 is 70.1 Å². The van der Waals surface area contributed by atoms with Crippen molar-refractivity contribution in [2.75, 3.05) is 0 Å². The van der Waals surface area contributed by atoms with Gasteiger partial charge in [0.2, 0.25) is 0 Å². The molecule has 0 saturated carbocycles. The molecule has 1 aliphatic heterocycles. The molecule has 1 N–H and O–H groups in total. The summed E-state index contributed by atoms with van der Waals surface area (Å²) in [6.45, 7) is 2.91. The number of ether oxygens (including phenoxy) is 2. The number of carbonyl (C=O) groups excluding carboxylic acids is 2. The summed E-state index contributed by atoms with van der Waals surface area (Å²) in [4.78, 5) is 22.4. The Morgan fingerprint density at radius 2 is 1.73 bits per heavy atom. The average molecular weight is 283 g/mol. The van der Waals surface area contributed by atoms with Crippen molar-refractivity contribution in [3.05, 3.63) is 17.5 Å². The van der Waals surface area contributed by atoms with Crippen LogP contribution >= 0.6 is 0 Å². The first-order chi connectivity index (χ1) is 6.46. The van der Waals surface area contributed by atoms with Crippen molar-refractivity contribution in [3.8, 4) is 0 Å². The third kappa shape index (κ3) is 4.14. The van der Waals surface area contributed by atoms with Gasteiger partial charge in [-0.25, -0.2) is 9.59 Å². The molecule has 76 valence electrons. The van der Waals surface area contributed by atoms with E-state index in [1.54, 1.807) is 0 Å². The molecular weight excluding hydrogens is 274 g/mol. The third-order valence-corrected chi connectivity index (χ3v) is 1.43. The molecule has 0 unspecified atom stereocenters. The first-order valence-corrected chi connectivity index (χ1v) is 3.83. The minimum atomic E-state index is -1.23. The van der Waals surface area contributed by atoms with E-state index in [4.69, 9.17) is 15.3 Å². The molecule has 7 heteroatoms. The van der Waals surface area contributed by atoms with E-state index in [0.717, 1.165) is 12.3 Å². The Hall–Kier alpha value is -0.0448. The van der Waals surface area contributed by atoms with Crippen LogP contribution < -0.4 is 58.2 Å². The molecule has 15 heavy (non-hydrogen) atoms. The van der Waals surface area contributed by atoms with E-state index in [-0.39, 0.29) is 63.8 Å². The molecule has 0 radical (unpaired) electrons.